The summed E-state index contributed by atoms with van der Waals surface area (Å²) in [5.41, 5.74) is 10.2. The van der Waals surface area contributed by atoms with E-state index in [0.717, 1.165) is 32.7 Å². The van der Waals surface area contributed by atoms with Crippen molar-refractivity contribution in [2.24, 2.45) is 11.1 Å². The van der Waals surface area contributed by atoms with Gasteiger partial charge in [-0.3, -0.25) is 9.69 Å². The van der Waals surface area contributed by atoms with Crippen LogP contribution in [0.3, 0.4) is 0 Å². The van der Waals surface area contributed by atoms with Crippen LogP contribution in [0.1, 0.15) is 54.8 Å². The fourth-order valence-corrected chi connectivity index (χ4v) is 6.92. The van der Waals surface area contributed by atoms with Crippen LogP contribution < -0.4 is 10.6 Å². The van der Waals surface area contributed by atoms with Crippen molar-refractivity contribution in [1.29, 1.82) is 5.26 Å². The van der Waals surface area contributed by atoms with E-state index in [-0.39, 0.29) is 11.2 Å². The molecule has 1 aliphatic heterocycles. The number of thiophene rings is 1. The highest BCUT2D eigenvalue weighted by atomic mass is 79.9. The zero-order valence-corrected chi connectivity index (χ0v) is 21.7. The zero-order valence-electron chi connectivity index (χ0n) is 18.6. The number of ketones is 1. The number of nitrogens with zero attached hydrogens (tertiary/aromatic N) is 2. The monoisotopic (exact) mass is 529 g/mol. The Morgan fingerprint density at radius 3 is 2.72 bits per heavy atom. The number of hydrogen-bond acceptors (Lipinski definition) is 5. The van der Waals surface area contributed by atoms with Gasteiger partial charge >= 0.3 is 0 Å². The van der Waals surface area contributed by atoms with Crippen LogP contribution in [-0.2, 0) is 11.2 Å². The Balaban J connectivity index is 2.03. The Bertz CT molecular complexity index is 1230. The molecule has 2 N–H and O–H groups in total. The molecule has 0 saturated carbocycles. The van der Waals surface area contributed by atoms with E-state index in [0.29, 0.717) is 34.8 Å². The lowest BCUT2D eigenvalue weighted by atomic mass is 9.69. The maximum absolute atomic E-state index is 13.6. The molecule has 0 bridgehead atoms. The van der Waals surface area contributed by atoms with Gasteiger partial charge in [0.15, 0.2) is 5.78 Å². The topological polar surface area (TPSA) is 70.1 Å². The minimum Gasteiger partial charge on any atom is -0.384 e. The molecule has 0 saturated heterocycles. The molecule has 7 heteroatoms. The summed E-state index contributed by atoms with van der Waals surface area (Å²) in [6.45, 7) is 8.23. The third-order valence-electron chi connectivity index (χ3n) is 6.24. The van der Waals surface area contributed by atoms with Crippen LogP contribution in [-0.4, -0.2) is 5.78 Å². The summed E-state index contributed by atoms with van der Waals surface area (Å²) in [5, 5.41) is 10.8. The molecular formula is C25H25BrClN3OS. The number of halogens is 2. The van der Waals surface area contributed by atoms with E-state index < -0.39 is 5.92 Å². The van der Waals surface area contributed by atoms with Crippen molar-refractivity contribution in [2.45, 2.75) is 52.9 Å². The van der Waals surface area contributed by atoms with Crippen molar-refractivity contribution >= 4 is 50.3 Å². The molecule has 0 amide bonds. The predicted octanol–water partition coefficient (Wildman–Crippen LogP) is 6.98. The summed E-state index contributed by atoms with van der Waals surface area (Å²) in [5.74, 6) is -0.000574. The van der Waals surface area contributed by atoms with E-state index in [1.54, 1.807) is 11.3 Å². The van der Waals surface area contributed by atoms with Crippen LogP contribution >= 0.6 is 38.9 Å². The Hall–Kier alpha value is -2.07. The van der Waals surface area contributed by atoms with E-state index >= 15 is 0 Å². The van der Waals surface area contributed by atoms with Gasteiger partial charge in [-0.1, -0.05) is 38.4 Å². The van der Waals surface area contributed by atoms with Crippen LogP contribution in [0.15, 0.2) is 51.4 Å². The summed E-state index contributed by atoms with van der Waals surface area (Å²) in [4.78, 5) is 17.7. The number of aryl methyl sites for hydroxylation is 1. The number of nitriles is 1. The van der Waals surface area contributed by atoms with Crippen LogP contribution in [0.25, 0.3) is 0 Å². The van der Waals surface area contributed by atoms with Gasteiger partial charge in [-0.2, -0.15) is 5.26 Å². The number of anilines is 1. The van der Waals surface area contributed by atoms with Gasteiger partial charge in [-0.25, -0.2) is 0 Å². The first-order valence-corrected chi connectivity index (χ1v) is 12.6. The number of carbonyl (C=O) groups is 1. The summed E-state index contributed by atoms with van der Waals surface area (Å²) in [7, 11) is 0. The third-order valence-corrected chi connectivity index (χ3v) is 8.97. The molecule has 1 aromatic heterocycles. The molecule has 1 aromatic carbocycles. The minimum atomic E-state index is -0.448. The summed E-state index contributed by atoms with van der Waals surface area (Å²) >= 11 is 11.7. The number of Topliss-reactive ketones (excluding diaryl/α,β-unsaturated/α-hetero) is 1. The molecule has 2 aliphatic rings. The van der Waals surface area contributed by atoms with Crippen LogP contribution in [0.5, 0.6) is 0 Å². The van der Waals surface area contributed by atoms with Gasteiger partial charge in [-0.15, -0.1) is 11.3 Å². The number of nitrogens with two attached hydrogens (primary N) is 1. The molecule has 4 rings (SSSR count). The smallest absolute Gasteiger partial charge is 0.162 e. The Kier molecular flexibility index (Phi) is 6.04. The van der Waals surface area contributed by atoms with Gasteiger partial charge in [0, 0.05) is 36.9 Å². The Morgan fingerprint density at radius 1 is 1.38 bits per heavy atom. The van der Waals surface area contributed by atoms with Crippen molar-refractivity contribution < 1.29 is 4.79 Å². The van der Waals surface area contributed by atoms with Gasteiger partial charge in [-0.05, 0) is 64.9 Å². The fraction of sp³-hybridized carbons (Fsp3) is 0.360. The molecule has 166 valence electrons. The number of hydrogen-bond donors (Lipinski definition) is 1. The number of allylic oxidation sites excluding steroid dienone is 3. The molecule has 2 heterocycles. The Morgan fingerprint density at radius 2 is 2.09 bits per heavy atom. The van der Waals surface area contributed by atoms with E-state index in [2.05, 4.69) is 42.8 Å². The van der Waals surface area contributed by atoms with Gasteiger partial charge < -0.3 is 5.73 Å². The molecule has 1 atom stereocenters. The highest BCUT2D eigenvalue weighted by Crippen LogP contribution is 2.52. The van der Waals surface area contributed by atoms with Crippen LogP contribution in [0.4, 0.5) is 5.69 Å². The molecule has 1 aliphatic carbocycles. The summed E-state index contributed by atoms with van der Waals surface area (Å²) in [6.07, 6.45) is 2.00. The van der Waals surface area contributed by atoms with Crippen molar-refractivity contribution in [1.82, 2.24) is 0 Å². The molecule has 0 spiro atoms. The molecule has 0 fully saturated rings. The second-order valence-corrected chi connectivity index (χ2v) is 11.6. The first-order valence-electron chi connectivity index (χ1n) is 10.6. The lowest BCUT2D eigenvalue weighted by molar-refractivity contribution is -0.118. The zero-order chi connectivity index (χ0) is 23.4. The number of benzene rings is 1. The minimum absolute atomic E-state index is 0.0775. The second kappa shape index (κ2) is 8.37. The first-order chi connectivity index (χ1) is 15.1. The van der Waals surface area contributed by atoms with E-state index in [1.165, 1.54) is 4.88 Å². The molecule has 0 radical (unpaired) electrons. The quantitative estimate of drug-likeness (QED) is 0.465. The molecular weight excluding hydrogens is 506 g/mol. The summed E-state index contributed by atoms with van der Waals surface area (Å²) < 4.78 is 1.01. The average Bonchev–Trinajstić information content (AvgIpc) is 3.09. The lowest BCUT2D eigenvalue weighted by Crippen LogP contribution is -2.42. The fourth-order valence-electron chi connectivity index (χ4n) is 4.72. The second-order valence-electron chi connectivity index (χ2n) is 9.14. The third kappa shape index (κ3) is 3.71. The van der Waals surface area contributed by atoms with Gasteiger partial charge in [0.25, 0.3) is 0 Å². The summed E-state index contributed by atoms with van der Waals surface area (Å²) in [6, 6.07) is 10.0. The standard InChI is InChI=1S/C25H25BrClN3OS/c1-5-20-15(26)9-21(32-20)22-14(12-28)24(29)30(17-8-6-7-16(27)13(17)2)18-10-25(3,4)11-19(31)23(18)22/h6-9,22H,5,10-11,29H2,1-4H3. The molecule has 1 unspecified atom stereocenters. The maximum Gasteiger partial charge on any atom is 0.162 e. The van der Waals surface area contributed by atoms with Crippen molar-refractivity contribution in [3.05, 3.63) is 71.7 Å². The van der Waals surface area contributed by atoms with Gasteiger partial charge in [0.2, 0.25) is 0 Å². The lowest BCUT2D eigenvalue weighted by Gasteiger charge is -2.44. The van der Waals surface area contributed by atoms with Gasteiger partial charge in [0.1, 0.15) is 5.82 Å². The highest BCUT2D eigenvalue weighted by molar-refractivity contribution is 9.10. The first kappa shape index (κ1) is 23.1. The van der Waals surface area contributed by atoms with E-state index in [4.69, 9.17) is 17.3 Å². The Labute approximate surface area is 206 Å². The van der Waals surface area contributed by atoms with Crippen molar-refractivity contribution in [3.63, 3.8) is 0 Å². The number of carbonyl (C=O) groups excluding carboxylic acids is 1. The average molecular weight is 531 g/mol. The van der Waals surface area contributed by atoms with E-state index in [9.17, 15) is 10.1 Å². The largest absolute Gasteiger partial charge is 0.384 e. The van der Waals surface area contributed by atoms with Crippen LogP contribution in [0.2, 0.25) is 5.02 Å². The maximum atomic E-state index is 13.6. The van der Waals surface area contributed by atoms with Gasteiger partial charge in [0.05, 0.1) is 23.2 Å². The molecule has 32 heavy (non-hydrogen) atoms. The molecule has 4 nitrogen and oxygen atoms in total. The SMILES string of the molecule is CCc1sc(C2C(C#N)=C(N)N(c3cccc(Cl)c3C)C3=C2C(=O)CC(C)(C)C3)cc1Br. The molecule has 2 aromatic rings. The predicted molar refractivity (Wildman–Crippen MR) is 135 cm³/mol. The normalized spacial score (nSPS) is 20.5. The van der Waals surface area contributed by atoms with Crippen molar-refractivity contribution in [2.75, 3.05) is 4.90 Å². The van der Waals surface area contributed by atoms with Crippen molar-refractivity contribution in [3.8, 4) is 6.07 Å². The number of rotatable bonds is 3. The highest BCUT2D eigenvalue weighted by Gasteiger charge is 2.45. The van der Waals surface area contributed by atoms with E-state index in [1.807, 2.05) is 36.1 Å². The van der Waals surface area contributed by atoms with Crippen LogP contribution in [0, 0.1) is 23.7 Å².